The fraction of sp³-hybridized carbons (Fsp3) is 0.333. The Morgan fingerprint density at radius 3 is 2.65 bits per heavy atom. The van der Waals surface area contributed by atoms with Crippen molar-refractivity contribution < 1.29 is 9.15 Å². The molecule has 0 aliphatic heterocycles. The van der Waals surface area contributed by atoms with Crippen LogP contribution in [0.1, 0.15) is 30.5 Å². The Morgan fingerprint density at radius 1 is 1.30 bits per heavy atom. The molecule has 0 bridgehead atoms. The summed E-state index contributed by atoms with van der Waals surface area (Å²) in [5.74, 6) is 0.872. The van der Waals surface area contributed by atoms with Crippen molar-refractivity contribution in [3.05, 3.63) is 50.8 Å². The van der Waals surface area contributed by atoms with Crippen molar-refractivity contribution in [3.63, 3.8) is 0 Å². The van der Waals surface area contributed by atoms with Gasteiger partial charge < -0.3 is 14.5 Å². The summed E-state index contributed by atoms with van der Waals surface area (Å²) < 4.78 is 12.7. The molecular weight excluding hydrogens is 386 g/mol. The van der Waals surface area contributed by atoms with Gasteiger partial charge in [-0.2, -0.15) is 0 Å². The summed E-state index contributed by atoms with van der Waals surface area (Å²) in [5, 5.41) is 3.30. The summed E-state index contributed by atoms with van der Waals surface area (Å²) in [7, 11) is 1.93. The molecule has 20 heavy (non-hydrogen) atoms. The molecule has 2 rings (SSSR count). The highest BCUT2D eigenvalue weighted by Gasteiger charge is 2.18. The normalized spacial score (nSPS) is 12.4. The molecule has 1 aromatic carbocycles. The van der Waals surface area contributed by atoms with E-state index in [0.29, 0.717) is 0 Å². The monoisotopic (exact) mass is 401 g/mol. The molecule has 0 spiro atoms. The van der Waals surface area contributed by atoms with Crippen LogP contribution in [0.15, 0.2) is 44.1 Å². The van der Waals surface area contributed by atoms with Crippen LogP contribution in [0.4, 0.5) is 0 Å². The van der Waals surface area contributed by atoms with Crippen molar-refractivity contribution in [2.45, 2.75) is 19.4 Å². The zero-order valence-corrected chi connectivity index (χ0v) is 14.6. The van der Waals surface area contributed by atoms with E-state index in [-0.39, 0.29) is 6.04 Å². The number of rotatable bonds is 6. The largest absolute Gasteiger partial charge is 0.492 e. The molecule has 0 saturated heterocycles. The standard InChI is InChI=1S/C15H17Br2NO2/c1-3-7-19-13-5-4-10(9-12(13)16)14(18-2)11-6-8-20-15(11)17/h4-6,8-9,14,18H,3,7H2,1-2H3. The van der Waals surface area contributed by atoms with E-state index in [0.717, 1.165) is 39.0 Å². The lowest BCUT2D eigenvalue weighted by atomic mass is 10.0. The second-order valence-corrected chi connectivity index (χ2v) is 5.98. The molecule has 3 nitrogen and oxygen atoms in total. The third-order valence-electron chi connectivity index (χ3n) is 3.00. The van der Waals surface area contributed by atoms with Crippen LogP contribution in [-0.2, 0) is 0 Å². The molecule has 1 atom stereocenters. The lowest BCUT2D eigenvalue weighted by molar-refractivity contribution is 0.315. The van der Waals surface area contributed by atoms with Crippen LogP contribution in [0.3, 0.4) is 0 Å². The average molecular weight is 403 g/mol. The quantitative estimate of drug-likeness (QED) is 0.745. The van der Waals surface area contributed by atoms with Crippen LogP contribution < -0.4 is 10.1 Å². The van der Waals surface area contributed by atoms with Crippen molar-refractivity contribution in [1.29, 1.82) is 0 Å². The second kappa shape index (κ2) is 7.29. The van der Waals surface area contributed by atoms with Gasteiger partial charge in [0.1, 0.15) is 5.75 Å². The van der Waals surface area contributed by atoms with Gasteiger partial charge in [0.15, 0.2) is 4.67 Å². The molecule has 1 heterocycles. The molecule has 0 radical (unpaired) electrons. The summed E-state index contributed by atoms with van der Waals surface area (Å²) in [6.45, 7) is 2.82. The van der Waals surface area contributed by atoms with Gasteiger partial charge in [0.2, 0.25) is 0 Å². The van der Waals surface area contributed by atoms with Gasteiger partial charge >= 0.3 is 0 Å². The molecule has 108 valence electrons. The molecular formula is C15H17Br2NO2. The van der Waals surface area contributed by atoms with E-state index in [2.05, 4.69) is 56.2 Å². The number of hydrogen-bond donors (Lipinski definition) is 1. The first-order valence-corrected chi connectivity index (χ1v) is 8.08. The van der Waals surface area contributed by atoms with Crippen LogP contribution in [0, 0.1) is 0 Å². The van der Waals surface area contributed by atoms with E-state index in [9.17, 15) is 0 Å². The maximum absolute atomic E-state index is 5.67. The molecule has 0 saturated carbocycles. The van der Waals surface area contributed by atoms with Gasteiger partial charge in [-0.15, -0.1) is 0 Å². The number of nitrogens with one attached hydrogen (secondary N) is 1. The molecule has 1 unspecified atom stereocenters. The number of benzene rings is 1. The Kier molecular flexibility index (Phi) is 5.69. The minimum Gasteiger partial charge on any atom is -0.492 e. The number of hydrogen-bond acceptors (Lipinski definition) is 3. The first kappa shape index (κ1) is 15.6. The van der Waals surface area contributed by atoms with E-state index >= 15 is 0 Å². The van der Waals surface area contributed by atoms with E-state index in [1.54, 1.807) is 6.26 Å². The van der Waals surface area contributed by atoms with E-state index in [1.807, 2.05) is 19.2 Å². The van der Waals surface area contributed by atoms with Crippen molar-refractivity contribution >= 4 is 31.9 Å². The first-order chi connectivity index (χ1) is 9.67. The summed E-state index contributed by atoms with van der Waals surface area (Å²) in [4.78, 5) is 0. The van der Waals surface area contributed by atoms with Crippen molar-refractivity contribution in [3.8, 4) is 5.75 Å². The van der Waals surface area contributed by atoms with Gasteiger partial charge in [0, 0.05) is 5.56 Å². The maximum atomic E-state index is 5.67. The molecule has 1 N–H and O–H groups in total. The van der Waals surface area contributed by atoms with Crippen molar-refractivity contribution in [2.75, 3.05) is 13.7 Å². The molecule has 5 heteroatoms. The van der Waals surface area contributed by atoms with Crippen molar-refractivity contribution in [1.82, 2.24) is 5.32 Å². The predicted octanol–water partition coefficient (Wildman–Crippen LogP) is 4.90. The van der Waals surface area contributed by atoms with Crippen LogP contribution >= 0.6 is 31.9 Å². The minimum absolute atomic E-state index is 0.0691. The maximum Gasteiger partial charge on any atom is 0.174 e. The Bertz CT molecular complexity index is 569. The van der Waals surface area contributed by atoms with Crippen LogP contribution in [0.2, 0.25) is 0 Å². The smallest absolute Gasteiger partial charge is 0.174 e. The SMILES string of the molecule is CCCOc1ccc(C(NC)c2ccoc2Br)cc1Br. The summed E-state index contributed by atoms with van der Waals surface area (Å²) >= 11 is 7.00. The van der Waals surface area contributed by atoms with Gasteiger partial charge in [0.25, 0.3) is 0 Å². The Balaban J connectivity index is 2.27. The van der Waals surface area contributed by atoms with Gasteiger partial charge in [-0.1, -0.05) is 13.0 Å². The van der Waals surface area contributed by atoms with Crippen LogP contribution in [-0.4, -0.2) is 13.7 Å². The molecule has 0 aliphatic carbocycles. The third-order valence-corrected chi connectivity index (χ3v) is 4.26. The average Bonchev–Trinajstić information content (AvgIpc) is 2.85. The zero-order chi connectivity index (χ0) is 14.5. The van der Waals surface area contributed by atoms with E-state index < -0.39 is 0 Å². The Labute approximate surface area is 136 Å². The molecule has 0 amide bonds. The first-order valence-electron chi connectivity index (χ1n) is 6.49. The number of furan rings is 1. The molecule has 0 aliphatic rings. The predicted molar refractivity (Wildman–Crippen MR) is 87.2 cm³/mol. The number of halogens is 2. The van der Waals surface area contributed by atoms with Crippen LogP contribution in [0.5, 0.6) is 5.75 Å². The highest BCUT2D eigenvalue weighted by molar-refractivity contribution is 9.10. The summed E-state index contributed by atoms with van der Waals surface area (Å²) in [5.41, 5.74) is 2.21. The fourth-order valence-corrected chi connectivity index (χ4v) is 3.02. The topological polar surface area (TPSA) is 34.4 Å². The summed E-state index contributed by atoms with van der Waals surface area (Å²) in [6, 6.07) is 8.16. The number of ether oxygens (including phenoxy) is 1. The van der Waals surface area contributed by atoms with E-state index in [4.69, 9.17) is 9.15 Å². The molecule has 0 fully saturated rings. The molecule has 2 aromatic rings. The van der Waals surface area contributed by atoms with Gasteiger partial charge in [-0.05, 0) is 69.1 Å². The highest BCUT2D eigenvalue weighted by Crippen LogP contribution is 2.33. The summed E-state index contributed by atoms with van der Waals surface area (Å²) in [6.07, 6.45) is 2.67. The van der Waals surface area contributed by atoms with Crippen molar-refractivity contribution in [2.24, 2.45) is 0 Å². The fourth-order valence-electron chi connectivity index (χ4n) is 2.04. The van der Waals surface area contributed by atoms with Gasteiger partial charge in [0.05, 0.1) is 23.4 Å². The zero-order valence-electron chi connectivity index (χ0n) is 11.5. The Hall–Kier alpha value is -0.780. The second-order valence-electron chi connectivity index (χ2n) is 4.41. The van der Waals surface area contributed by atoms with E-state index in [1.165, 1.54) is 0 Å². The molecule has 1 aromatic heterocycles. The van der Waals surface area contributed by atoms with Crippen LogP contribution in [0.25, 0.3) is 0 Å². The third kappa shape index (κ3) is 3.45. The minimum atomic E-state index is 0.0691. The lowest BCUT2D eigenvalue weighted by Crippen LogP contribution is -2.17. The Morgan fingerprint density at radius 2 is 2.10 bits per heavy atom. The lowest BCUT2D eigenvalue weighted by Gasteiger charge is -2.17. The van der Waals surface area contributed by atoms with Gasteiger partial charge in [-0.3, -0.25) is 0 Å². The van der Waals surface area contributed by atoms with Gasteiger partial charge in [-0.25, -0.2) is 0 Å². The highest BCUT2D eigenvalue weighted by atomic mass is 79.9.